The first-order chi connectivity index (χ1) is 11.3. The van der Waals surface area contributed by atoms with E-state index in [4.69, 9.17) is 0 Å². The van der Waals surface area contributed by atoms with Gasteiger partial charge in [0.2, 0.25) is 5.91 Å². The topological polar surface area (TPSA) is 81.1 Å². The second-order valence-corrected chi connectivity index (χ2v) is 10.4. The normalized spacial score (nSPS) is 19.8. The molecule has 1 amide bonds. The maximum Gasteiger partial charge on any atom is 0.249 e. The number of aryl methyl sites for hydroxylation is 1. The van der Waals surface area contributed by atoms with Gasteiger partial charge in [-0.15, -0.1) is 11.3 Å². The zero-order valence-electron chi connectivity index (χ0n) is 12.9. The lowest BCUT2D eigenvalue weighted by Gasteiger charge is -2.13. The third kappa shape index (κ3) is 4.14. The molecule has 0 spiro atoms. The molecule has 0 bridgehead atoms. The molecule has 9 heteroatoms. The number of amides is 1. The summed E-state index contributed by atoms with van der Waals surface area (Å²) in [6.45, 7) is 1.81. The number of carbonyl (C=O) groups is 1. The zero-order chi connectivity index (χ0) is 17.3. The quantitative estimate of drug-likeness (QED) is 0.757. The van der Waals surface area contributed by atoms with E-state index >= 15 is 0 Å². The highest BCUT2D eigenvalue weighted by molar-refractivity contribution is 9.11. The van der Waals surface area contributed by atoms with Gasteiger partial charge in [-0.1, -0.05) is 0 Å². The molecule has 0 radical (unpaired) electrons. The van der Waals surface area contributed by atoms with E-state index in [1.165, 1.54) is 17.4 Å². The van der Waals surface area contributed by atoms with E-state index in [0.29, 0.717) is 12.2 Å². The minimum atomic E-state index is -3.01. The molecule has 0 aromatic carbocycles. The van der Waals surface area contributed by atoms with Gasteiger partial charge in [-0.05, 0) is 47.5 Å². The Morgan fingerprint density at radius 2 is 2.29 bits per heavy atom. The summed E-state index contributed by atoms with van der Waals surface area (Å²) in [4.78, 5) is 13.1. The van der Waals surface area contributed by atoms with Crippen molar-refractivity contribution in [1.82, 2.24) is 9.78 Å². The first-order valence-electron chi connectivity index (χ1n) is 7.33. The molecule has 1 aliphatic rings. The van der Waals surface area contributed by atoms with Crippen molar-refractivity contribution in [3.63, 3.8) is 0 Å². The second-order valence-electron chi connectivity index (χ2n) is 5.64. The number of rotatable bonds is 4. The molecular formula is C15H16BrN3O3S2. The van der Waals surface area contributed by atoms with Gasteiger partial charge in [0.25, 0.3) is 0 Å². The monoisotopic (exact) mass is 429 g/mol. The standard InChI is InChI=1S/C15H16BrN3O3S2/c1-10-8-14(19(18-10)11-6-7-24(21,22)9-11)17-15(20)5-3-12-2-4-13(16)23-12/h2-5,8,11H,6-7,9H2,1H3,(H,17,20)/b5-3+. The molecule has 1 fully saturated rings. The van der Waals surface area contributed by atoms with Gasteiger partial charge in [0.15, 0.2) is 9.84 Å². The summed E-state index contributed by atoms with van der Waals surface area (Å²) < 4.78 is 26.0. The Hall–Kier alpha value is -1.45. The van der Waals surface area contributed by atoms with Crippen molar-refractivity contribution >= 4 is 54.9 Å². The number of anilines is 1. The molecule has 3 rings (SSSR count). The maximum atomic E-state index is 12.1. The van der Waals surface area contributed by atoms with Gasteiger partial charge >= 0.3 is 0 Å². The molecule has 24 heavy (non-hydrogen) atoms. The average Bonchev–Trinajstić information content (AvgIpc) is 3.16. The van der Waals surface area contributed by atoms with Crippen LogP contribution in [-0.2, 0) is 14.6 Å². The molecule has 1 unspecified atom stereocenters. The van der Waals surface area contributed by atoms with E-state index in [1.54, 1.807) is 16.8 Å². The van der Waals surface area contributed by atoms with Crippen molar-refractivity contribution in [2.24, 2.45) is 0 Å². The van der Waals surface area contributed by atoms with Crippen LogP contribution in [0.25, 0.3) is 6.08 Å². The Kier molecular flexibility index (Phi) is 4.93. The highest BCUT2D eigenvalue weighted by Gasteiger charge is 2.31. The Balaban J connectivity index is 1.73. The Bertz CT molecular complexity index is 899. The molecule has 1 atom stereocenters. The number of sulfone groups is 1. The molecule has 1 N–H and O–H groups in total. The SMILES string of the molecule is Cc1cc(NC(=O)/C=C/c2ccc(Br)s2)n(C2CCS(=O)(=O)C2)n1. The van der Waals surface area contributed by atoms with Gasteiger partial charge in [-0.25, -0.2) is 13.1 Å². The number of halogens is 1. The second kappa shape index (κ2) is 6.81. The lowest BCUT2D eigenvalue weighted by Crippen LogP contribution is -2.18. The third-order valence-corrected chi connectivity index (χ3v) is 7.00. The Morgan fingerprint density at radius 3 is 2.92 bits per heavy atom. The average molecular weight is 430 g/mol. The minimum Gasteiger partial charge on any atom is -0.307 e. The van der Waals surface area contributed by atoms with Crippen molar-refractivity contribution in [2.45, 2.75) is 19.4 Å². The number of aromatic nitrogens is 2. The summed E-state index contributed by atoms with van der Waals surface area (Å²) in [6, 6.07) is 5.35. The molecule has 6 nitrogen and oxygen atoms in total. The third-order valence-electron chi connectivity index (χ3n) is 3.66. The summed E-state index contributed by atoms with van der Waals surface area (Å²) in [5.41, 5.74) is 0.737. The number of thiophene rings is 1. The summed E-state index contributed by atoms with van der Waals surface area (Å²) in [7, 11) is -3.01. The Labute approximate surface area is 152 Å². The van der Waals surface area contributed by atoms with E-state index in [2.05, 4.69) is 26.3 Å². The number of hydrogen-bond acceptors (Lipinski definition) is 5. The van der Waals surface area contributed by atoms with Crippen LogP contribution in [0.2, 0.25) is 0 Å². The van der Waals surface area contributed by atoms with Crippen LogP contribution in [0.15, 0.2) is 28.1 Å². The minimum absolute atomic E-state index is 0.0655. The smallest absolute Gasteiger partial charge is 0.249 e. The Morgan fingerprint density at radius 1 is 1.50 bits per heavy atom. The van der Waals surface area contributed by atoms with Crippen molar-refractivity contribution in [3.05, 3.63) is 38.6 Å². The molecule has 0 aliphatic carbocycles. The molecular weight excluding hydrogens is 414 g/mol. The summed E-state index contributed by atoms with van der Waals surface area (Å²) in [6.07, 6.45) is 3.71. The van der Waals surface area contributed by atoms with Gasteiger partial charge in [-0.3, -0.25) is 4.79 Å². The first kappa shape index (κ1) is 17.4. The van der Waals surface area contributed by atoms with Crippen molar-refractivity contribution in [1.29, 1.82) is 0 Å². The van der Waals surface area contributed by atoms with Crippen LogP contribution in [0.4, 0.5) is 5.82 Å². The van der Waals surface area contributed by atoms with E-state index in [1.807, 2.05) is 19.1 Å². The number of nitrogens with one attached hydrogen (secondary N) is 1. The maximum absolute atomic E-state index is 12.1. The lowest BCUT2D eigenvalue weighted by molar-refractivity contribution is -0.111. The molecule has 2 aromatic heterocycles. The fourth-order valence-corrected chi connectivity index (χ4v) is 5.62. The molecule has 128 valence electrons. The highest BCUT2D eigenvalue weighted by Crippen LogP contribution is 2.27. The summed E-state index contributed by atoms with van der Waals surface area (Å²) in [5, 5.41) is 7.13. The first-order valence-corrected chi connectivity index (χ1v) is 10.8. The molecule has 2 aromatic rings. The number of nitrogens with zero attached hydrogens (tertiary/aromatic N) is 2. The molecule has 1 aliphatic heterocycles. The molecule has 0 saturated carbocycles. The predicted molar refractivity (Wildman–Crippen MR) is 99.0 cm³/mol. The van der Waals surface area contributed by atoms with Gasteiger partial charge in [0.1, 0.15) is 5.82 Å². The van der Waals surface area contributed by atoms with E-state index in [0.717, 1.165) is 14.4 Å². The number of hydrogen-bond donors (Lipinski definition) is 1. The van der Waals surface area contributed by atoms with Crippen LogP contribution in [0.5, 0.6) is 0 Å². The van der Waals surface area contributed by atoms with Crippen LogP contribution < -0.4 is 5.32 Å². The molecule has 3 heterocycles. The largest absolute Gasteiger partial charge is 0.307 e. The van der Waals surface area contributed by atoms with Crippen LogP contribution in [0.3, 0.4) is 0 Å². The summed E-state index contributed by atoms with van der Waals surface area (Å²) in [5.74, 6) is 0.478. The fraction of sp³-hybridized carbons (Fsp3) is 0.333. The van der Waals surface area contributed by atoms with E-state index < -0.39 is 9.84 Å². The van der Waals surface area contributed by atoms with Gasteiger partial charge in [0.05, 0.1) is 27.0 Å². The van der Waals surface area contributed by atoms with Crippen molar-refractivity contribution in [2.75, 3.05) is 16.8 Å². The van der Waals surface area contributed by atoms with E-state index in [-0.39, 0.29) is 23.5 Å². The van der Waals surface area contributed by atoms with Crippen LogP contribution >= 0.6 is 27.3 Å². The highest BCUT2D eigenvalue weighted by atomic mass is 79.9. The van der Waals surface area contributed by atoms with Crippen LogP contribution in [-0.4, -0.2) is 35.6 Å². The van der Waals surface area contributed by atoms with Crippen molar-refractivity contribution in [3.8, 4) is 0 Å². The predicted octanol–water partition coefficient (Wildman–Crippen LogP) is 3.03. The van der Waals surface area contributed by atoms with Gasteiger partial charge in [0, 0.05) is 17.0 Å². The lowest BCUT2D eigenvalue weighted by atomic mass is 10.3. The fourth-order valence-electron chi connectivity index (χ4n) is 2.60. The molecule has 1 saturated heterocycles. The zero-order valence-corrected chi connectivity index (χ0v) is 16.1. The van der Waals surface area contributed by atoms with E-state index in [9.17, 15) is 13.2 Å². The van der Waals surface area contributed by atoms with Gasteiger partial charge in [-0.2, -0.15) is 5.10 Å². The van der Waals surface area contributed by atoms with Gasteiger partial charge < -0.3 is 5.32 Å². The summed E-state index contributed by atoms with van der Waals surface area (Å²) >= 11 is 4.90. The van der Waals surface area contributed by atoms with Crippen LogP contribution in [0.1, 0.15) is 23.0 Å². The van der Waals surface area contributed by atoms with Crippen molar-refractivity contribution < 1.29 is 13.2 Å². The number of carbonyl (C=O) groups excluding carboxylic acids is 1. The van der Waals surface area contributed by atoms with Crippen LogP contribution in [0, 0.1) is 6.92 Å².